The first-order valence-electron chi connectivity index (χ1n) is 5.70. The third kappa shape index (κ3) is 2.01. The van der Waals surface area contributed by atoms with E-state index in [4.69, 9.17) is 5.11 Å². The lowest BCUT2D eigenvalue weighted by Crippen LogP contribution is -1.94. The molecule has 0 unspecified atom stereocenters. The van der Waals surface area contributed by atoms with Crippen molar-refractivity contribution in [2.75, 3.05) is 6.61 Å². The van der Waals surface area contributed by atoms with E-state index in [1.165, 1.54) is 43.4 Å². The van der Waals surface area contributed by atoms with Crippen molar-refractivity contribution in [3.8, 4) is 0 Å². The first-order chi connectivity index (χ1) is 6.92. The lowest BCUT2D eigenvalue weighted by atomic mass is 10.0. The number of hydrogen-bond acceptors (Lipinski definition) is 1. The molecule has 2 nitrogen and oxygen atoms in total. The maximum Gasteiger partial charge on any atom is 0.0434 e. The van der Waals surface area contributed by atoms with Gasteiger partial charge in [0.05, 0.1) is 0 Å². The second-order valence-corrected chi connectivity index (χ2v) is 4.16. The Hall–Kier alpha value is -0.760. The summed E-state index contributed by atoms with van der Waals surface area (Å²) in [5.41, 5.74) is 4.45. The van der Waals surface area contributed by atoms with Crippen molar-refractivity contribution < 1.29 is 5.11 Å². The van der Waals surface area contributed by atoms with Crippen LogP contribution < -0.4 is 0 Å². The van der Waals surface area contributed by atoms with E-state index in [2.05, 4.69) is 11.2 Å². The van der Waals surface area contributed by atoms with Crippen LogP contribution in [0.2, 0.25) is 0 Å². The predicted octanol–water partition coefficient (Wildman–Crippen LogP) is 2.21. The Labute approximate surface area is 85.3 Å². The quantitative estimate of drug-likeness (QED) is 0.709. The van der Waals surface area contributed by atoms with Gasteiger partial charge in [-0.25, -0.2) is 0 Å². The average Bonchev–Trinajstić information content (AvgIpc) is 2.45. The van der Waals surface area contributed by atoms with Gasteiger partial charge in [-0.3, -0.25) is 0 Å². The van der Waals surface area contributed by atoms with Crippen molar-refractivity contribution in [1.29, 1.82) is 0 Å². The molecule has 78 valence electrons. The van der Waals surface area contributed by atoms with Gasteiger partial charge in [-0.05, 0) is 49.7 Å². The van der Waals surface area contributed by atoms with Crippen molar-refractivity contribution in [3.05, 3.63) is 23.0 Å². The van der Waals surface area contributed by atoms with E-state index in [9.17, 15) is 0 Å². The first-order valence-corrected chi connectivity index (χ1v) is 5.70. The molecule has 14 heavy (non-hydrogen) atoms. The topological polar surface area (TPSA) is 36.0 Å². The Morgan fingerprint density at radius 3 is 2.93 bits per heavy atom. The highest BCUT2D eigenvalue weighted by Crippen LogP contribution is 2.23. The molecule has 0 saturated carbocycles. The molecule has 0 radical (unpaired) electrons. The molecule has 1 aliphatic carbocycles. The number of aliphatic hydroxyl groups excluding tert-OH is 1. The summed E-state index contributed by atoms with van der Waals surface area (Å²) in [6, 6.07) is 0. The maximum atomic E-state index is 8.81. The lowest BCUT2D eigenvalue weighted by molar-refractivity contribution is 0.288. The predicted molar refractivity (Wildman–Crippen MR) is 57.5 cm³/mol. The van der Waals surface area contributed by atoms with Gasteiger partial charge in [-0.1, -0.05) is 6.42 Å². The Kier molecular flexibility index (Phi) is 3.25. The van der Waals surface area contributed by atoms with Gasteiger partial charge in [0.1, 0.15) is 0 Å². The molecule has 0 spiro atoms. The van der Waals surface area contributed by atoms with Crippen LogP contribution in [0.5, 0.6) is 0 Å². The van der Waals surface area contributed by atoms with Gasteiger partial charge in [0.15, 0.2) is 0 Å². The molecule has 0 aromatic carbocycles. The molecule has 1 aromatic heterocycles. The van der Waals surface area contributed by atoms with Crippen LogP contribution in [0.1, 0.15) is 42.5 Å². The Balaban J connectivity index is 2.12. The SMILES string of the molecule is OCCCc1c[nH]c2c1CCCCC2. The maximum absolute atomic E-state index is 8.81. The fourth-order valence-electron chi connectivity index (χ4n) is 2.35. The van der Waals surface area contributed by atoms with E-state index in [0.717, 1.165) is 12.8 Å². The van der Waals surface area contributed by atoms with Crippen molar-refractivity contribution in [1.82, 2.24) is 4.98 Å². The summed E-state index contributed by atoms with van der Waals surface area (Å²) in [6.45, 7) is 0.306. The smallest absolute Gasteiger partial charge is 0.0434 e. The fraction of sp³-hybridized carbons (Fsp3) is 0.667. The third-order valence-corrected chi connectivity index (χ3v) is 3.13. The van der Waals surface area contributed by atoms with Crippen LogP contribution in [-0.4, -0.2) is 16.7 Å². The molecule has 1 aliphatic rings. The highest BCUT2D eigenvalue weighted by atomic mass is 16.2. The van der Waals surface area contributed by atoms with Crippen molar-refractivity contribution in [2.45, 2.75) is 44.9 Å². The van der Waals surface area contributed by atoms with Crippen LogP contribution in [0.15, 0.2) is 6.20 Å². The fourth-order valence-corrected chi connectivity index (χ4v) is 2.35. The monoisotopic (exact) mass is 193 g/mol. The Morgan fingerprint density at radius 2 is 2.07 bits per heavy atom. The summed E-state index contributed by atoms with van der Waals surface area (Å²) in [4.78, 5) is 3.39. The number of aliphatic hydroxyl groups is 1. The van der Waals surface area contributed by atoms with Crippen molar-refractivity contribution in [2.24, 2.45) is 0 Å². The third-order valence-electron chi connectivity index (χ3n) is 3.13. The van der Waals surface area contributed by atoms with E-state index < -0.39 is 0 Å². The zero-order valence-electron chi connectivity index (χ0n) is 8.68. The number of fused-ring (bicyclic) bond motifs is 1. The molecular formula is C12H19NO. The summed E-state index contributed by atoms with van der Waals surface area (Å²) in [5, 5.41) is 8.81. The van der Waals surface area contributed by atoms with E-state index in [0.29, 0.717) is 6.61 Å². The standard InChI is InChI=1S/C12H19NO/c14-8-4-5-10-9-13-12-7-3-1-2-6-11(10)12/h9,13-14H,1-8H2. The summed E-state index contributed by atoms with van der Waals surface area (Å²) in [6.07, 6.45) is 10.5. The number of aromatic nitrogens is 1. The zero-order valence-corrected chi connectivity index (χ0v) is 8.68. The van der Waals surface area contributed by atoms with Crippen LogP contribution in [0.3, 0.4) is 0 Å². The molecule has 2 rings (SSSR count). The van der Waals surface area contributed by atoms with Crippen LogP contribution in [0.25, 0.3) is 0 Å². The van der Waals surface area contributed by atoms with Crippen molar-refractivity contribution in [3.63, 3.8) is 0 Å². The molecule has 0 aliphatic heterocycles. The van der Waals surface area contributed by atoms with E-state index in [-0.39, 0.29) is 0 Å². The second kappa shape index (κ2) is 4.65. The molecule has 0 bridgehead atoms. The minimum atomic E-state index is 0.306. The van der Waals surface area contributed by atoms with Crippen LogP contribution in [0, 0.1) is 0 Å². The van der Waals surface area contributed by atoms with E-state index in [1.807, 2.05) is 0 Å². The van der Waals surface area contributed by atoms with Gasteiger partial charge in [0.25, 0.3) is 0 Å². The number of aryl methyl sites for hydroxylation is 2. The minimum Gasteiger partial charge on any atom is -0.396 e. The summed E-state index contributed by atoms with van der Waals surface area (Å²) in [7, 11) is 0. The van der Waals surface area contributed by atoms with Crippen LogP contribution in [-0.2, 0) is 19.3 Å². The van der Waals surface area contributed by atoms with E-state index in [1.54, 1.807) is 5.56 Å². The number of H-pyrrole nitrogens is 1. The van der Waals surface area contributed by atoms with Gasteiger partial charge in [-0.2, -0.15) is 0 Å². The highest BCUT2D eigenvalue weighted by molar-refractivity contribution is 5.32. The van der Waals surface area contributed by atoms with Gasteiger partial charge < -0.3 is 10.1 Å². The lowest BCUT2D eigenvalue weighted by Gasteiger charge is -2.02. The molecule has 0 saturated heterocycles. The van der Waals surface area contributed by atoms with Gasteiger partial charge in [0.2, 0.25) is 0 Å². The number of aromatic amines is 1. The van der Waals surface area contributed by atoms with Gasteiger partial charge in [0, 0.05) is 18.5 Å². The zero-order chi connectivity index (χ0) is 9.80. The van der Waals surface area contributed by atoms with Gasteiger partial charge >= 0.3 is 0 Å². The van der Waals surface area contributed by atoms with Crippen LogP contribution in [0.4, 0.5) is 0 Å². The molecule has 0 atom stereocenters. The molecule has 1 aromatic rings. The first kappa shape index (κ1) is 9.78. The second-order valence-electron chi connectivity index (χ2n) is 4.16. The highest BCUT2D eigenvalue weighted by Gasteiger charge is 2.13. The van der Waals surface area contributed by atoms with Crippen molar-refractivity contribution >= 4 is 0 Å². The summed E-state index contributed by atoms with van der Waals surface area (Å²) >= 11 is 0. The molecule has 0 fully saturated rings. The molecule has 1 heterocycles. The minimum absolute atomic E-state index is 0.306. The van der Waals surface area contributed by atoms with E-state index >= 15 is 0 Å². The largest absolute Gasteiger partial charge is 0.396 e. The summed E-state index contributed by atoms with van der Waals surface area (Å²) in [5.74, 6) is 0. The normalized spacial score (nSPS) is 16.4. The average molecular weight is 193 g/mol. The van der Waals surface area contributed by atoms with Gasteiger partial charge in [-0.15, -0.1) is 0 Å². The molecule has 0 amide bonds. The summed E-state index contributed by atoms with van der Waals surface area (Å²) < 4.78 is 0. The number of nitrogens with one attached hydrogen (secondary N) is 1. The van der Waals surface area contributed by atoms with Crippen LogP contribution >= 0.6 is 0 Å². The number of rotatable bonds is 3. The Bertz CT molecular complexity index is 291. The molecular weight excluding hydrogens is 174 g/mol. The molecule has 2 N–H and O–H groups in total. The molecule has 2 heteroatoms. The Morgan fingerprint density at radius 1 is 1.21 bits per heavy atom. The number of hydrogen-bond donors (Lipinski definition) is 2.